The summed E-state index contributed by atoms with van der Waals surface area (Å²) in [6.45, 7) is 2.19. The zero-order valence-electron chi connectivity index (χ0n) is 11.4. The minimum absolute atomic E-state index is 0.0494. The third-order valence-electron chi connectivity index (χ3n) is 3.19. The van der Waals surface area contributed by atoms with Crippen LogP contribution >= 0.6 is 0 Å². The van der Waals surface area contributed by atoms with E-state index in [0.717, 1.165) is 18.4 Å². The van der Waals surface area contributed by atoms with Crippen molar-refractivity contribution in [3.8, 4) is 0 Å². The van der Waals surface area contributed by atoms with Crippen molar-refractivity contribution in [3.05, 3.63) is 41.5 Å². The Kier molecular flexibility index (Phi) is 7.31. The van der Waals surface area contributed by atoms with Crippen LogP contribution < -0.4 is 0 Å². The molecule has 0 saturated carbocycles. The molecule has 0 heterocycles. The molecule has 0 aliphatic carbocycles. The van der Waals surface area contributed by atoms with Gasteiger partial charge in [0.2, 0.25) is 0 Å². The van der Waals surface area contributed by atoms with Crippen molar-refractivity contribution in [3.63, 3.8) is 0 Å². The van der Waals surface area contributed by atoms with Gasteiger partial charge < -0.3 is 0 Å². The van der Waals surface area contributed by atoms with E-state index < -0.39 is 11.9 Å². The summed E-state index contributed by atoms with van der Waals surface area (Å²) in [6, 6.07) is 6.29. The molecule has 0 unspecified atom stereocenters. The minimum atomic E-state index is -2.26. The first kappa shape index (κ1) is 15.8. The van der Waals surface area contributed by atoms with Gasteiger partial charge in [-0.15, -0.1) is 0 Å². The average molecular weight is 270 g/mol. The van der Waals surface area contributed by atoms with Gasteiger partial charge in [0.1, 0.15) is 0 Å². The lowest BCUT2D eigenvalue weighted by Crippen LogP contribution is -1.87. The Hall–Kier alpha value is -1.25. The largest absolute Gasteiger partial charge is 0.306 e. The maximum Gasteiger partial charge on any atom is 0.306 e. The molecule has 0 amide bonds. The van der Waals surface area contributed by atoms with Gasteiger partial charge >= 0.3 is 6.08 Å². The molecule has 1 rings (SSSR count). The molecular formula is C16H21F3. The van der Waals surface area contributed by atoms with E-state index in [1.54, 1.807) is 12.1 Å². The van der Waals surface area contributed by atoms with Gasteiger partial charge in [-0.25, -0.2) is 4.39 Å². The maximum absolute atomic E-state index is 12.9. The fraction of sp³-hybridized carbons (Fsp3) is 0.500. The smallest absolute Gasteiger partial charge is 0.200 e. The second-order valence-corrected chi connectivity index (χ2v) is 4.79. The van der Waals surface area contributed by atoms with Crippen molar-refractivity contribution in [2.24, 2.45) is 0 Å². The Balaban J connectivity index is 2.35. The van der Waals surface area contributed by atoms with Crippen molar-refractivity contribution in [1.82, 2.24) is 0 Å². The molecule has 0 radical (unpaired) electrons. The van der Waals surface area contributed by atoms with Gasteiger partial charge in [-0.2, -0.15) is 8.78 Å². The summed E-state index contributed by atoms with van der Waals surface area (Å²) < 4.78 is 37.1. The van der Waals surface area contributed by atoms with Crippen LogP contribution in [0.5, 0.6) is 0 Å². The van der Waals surface area contributed by atoms with E-state index in [4.69, 9.17) is 0 Å². The summed E-state index contributed by atoms with van der Waals surface area (Å²) in [6.07, 6.45) is 6.01. The molecule has 106 valence electrons. The van der Waals surface area contributed by atoms with Crippen molar-refractivity contribution in [2.75, 3.05) is 0 Å². The summed E-state index contributed by atoms with van der Waals surface area (Å²) in [5.41, 5.74) is 1.03. The van der Waals surface area contributed by atoms with Crippen molar-refractivity contribution >= 4 is 5.83 Å². The molecule has 1 aromatic rings. The first-order chi connectivity index (χ1) is 9.15. The van der Waals surface area contributed by atoms with Crippen LogP contribution in [-0.4, -0.2) is 0 Å². The number of hydrogen-bond donors (Lipinski definition) is 0. The van der Waals surface area contributed by atoms with E-state index in [1.807, 2.05) is 0 Å². The maximum atomic E-state index is 12.9. The standard InChI is InChI=1S/C16H21F3/c1-2-3-4-5-6-7-8-13-9-11-14(12-10-13)15(17)16(18)19/h9-12H,2-8H2,1H3. The molecular weight excluding hydrogens is 249 g/mol. The molecule has 3 heteroatoms. The molecule has 0 spiro atoms. The summed E-state index contributed by atoms with van der Waals surface area (Å²) >= 11 is 0. The Morgan fingerprint density at radius 3 is 2.00 bits per heavy atom. The van der Waals surface area contributed by atoms with Crippen LogP contribution in [0, 0.1) is 0 Å². The van der Waals surface area contributed by atoms with E-state index in [-0.39, 0.29) is 5.56 Å². The van der Waals surface area contributed by atoms with Crippen LogP contribution in [0.1, 0.15) is 56.6 Å². The van der Waals surface area contributed by atoms with Gasteiger partial charge in [0, 0.05) is 5.56 Å². The number of hydrogen-bond acceptors (Lipinski definition) is 0. The lowest BCUT2D eigenvalue weighted by molar-refractivity contribution is 0.410. The first-order valence-corrected chi connectivity index (χ1v) is 6.95. The molecule has 0 aromatic heterocycles. The summed E-state index contributed by atoms with van der Waals surface area (Å²) in [7, 11) is 0. The SMILES string of the molecule is CCCCCCCCc1ccc(C(F)=C(F)F)cc1. The third kappa shape index (κ3) is 5.95. The van der Waals surface area contributed by atoms with E-state index in [9.17, 15) is 13.2 Å². The molecule has 0 fully saturated rings. The van der Waals surface area contributed by atoms with Crippen LogP contribution in [0.15, 0.2) is 30.3 Å². The Morgan fingerprint density at radius 2 is 1.42 bits per heavy atom. The molecule has 19 heavy (non-hydrogen) atoms. The fourth-order valence-electron chi connectivity index (χ4n) is 2.04. The summed E-state index contributed by atoms with van der Waals surface area (Å²) in [5, 5.41) is 0. The highest BCUT2D eigenvalue weighted by Gasteiger charge is 2.07. The lowest BCUT2D eigenvalue weighted by Gasteiger charge is -2.03. The van der Waals surface area contributed by atoms with Crippen LogP contribution in [0.25, 0.3) is 5.83 Å². The molecule has 0 aliphatic rings. The highest BCUT2D eigenvalue weighted by Crippen LogP contribution is 2.22. The van der Waals surface area contributed by atoms with E-state index >= 15 is 0 Å². The van der Waals surface area contributed by atoms with E-state index in [2.05, 4.69) is 6.92 Å². The van der Waals surface area contributed by atoms with Crippen molar-refractivity contribution < 1.29 is 13.2 Å². The van der Waals surface area contributed by atoms with E-state index in [0.29, 0.717) is 0 Å². The Morgan fingerprint density at radius 1 is 0.842 bits per heavy atom. The van der Waals surface area contributed by atoms with Gasteiger partial charge in [-0.05, 0) is 18.4 Å². The van der Waals surface area contributed by atoms with Crippen LogP contribution in [0.3, 0.4) is 0 Å². The monoisotopic (exact) mass is 270 g/mol. The normalized spacial score (nSPS) is 10.5. The quantitative estimate of drug-likeness (QED) is 0.499. The van der Waals surface area contributed by atoms with Gasteiger partial charge in [0.25, 0.3) is 0 Å². The molecule has 0 aliphatic heterocycles. The Bertz CT molecular complexity index is 389. The highest BCUT2D eigenvalue weighted by atomic mass is 19.3. The second kappa shape index (κ2) is 8.78. The topological polar surface area (TPSA) is 0 Å². The average Bonchev–Trinajstić information content (AvgIpc) is 2.42. The van der Waals surface area contributed by atoms with Gasteiger partial charge in [0.15, 0.2) is 5.83 Å². The van der Waals surface area contributed by atoms with Crippen molar-refractivity contribution in [1.29, 1.82) is 0 Å². The summed E-state index contributed by atoms with van der Waals surface area (Å²) in [4.78, 5) is 0. The predicted molar refractivity (Wildman–Crippen MR) is 73.8 cm³/mol. The molecule has 0 nitrogen and oxygen atoms in total. The van der Waals surface area contributed by atoms with Gasteiger partial charge in [-0.1, -0.05) is 63.3 Å². The van der Waals surface area contributed by atoms with Gasteiger partial charge in [0.05, 0.1) is 0 Å². The zero-order chi connectivity index (χ0) is 14.1. The zero-order valence-corrected chi connectivity index (χ0v) is 11.4. The Labute approximate surface area is 113 Å². The third-order valence-corrected chi connectivity index (χ3v) is 3.19. The van der Waals surface area contributed by atoms with Crippen LogP contribution in [0.4, 0.5) is 13.2 Å². The number of benzene rings is 1. The van der Waals surface area contributed by atoms with E-state index in [1.165, 1.54) is 44.2 Å². The lowest BCUT2D eigenvalue weighted by atomic mass is 10.0. The number of unbranched alkanes of at least 4 members (excludes halogenated alkanes) is 5. The number of halogens is 3. The predicted octanol–water partition coefficient (Wildman–Crippen LogP) is 6.12. The highest BCUT2D eigenvalue weighted by molar-refractivity contribution is 5.59. The number of rotatable bonds is 8. The number of aryl methyl sites for hydroxylation is 1. The summed E-state index contributed by atoms with van der Waals surface area (Å²) in [5.74, 6) is -1.42. The minimum Gasteiger partial charge on any atom is -0.200 e. The van der Waals surface area contributed by atoms with Crippen LogP contribution in [-0.2, 0) is 6.42 Å². The molecule has 0 bridgehead atoms. The van der Waals surface area contributed by atoms with Crippen molar-refractivity contribution in [2.45, 2.75) is 51.9 Å². The van der Waals surface area contributed by atoms with Gasteiger partial charge in [-0.3, -0.25) is 0 Å². The van der Waals surface area contributed by atoms with Crippen LogP contribution in [0.2, 0.25) is 0 Å². The second-order valence-electron chi connectivity index (χ2n) is 4.79. The molecule has 1 aromatic carbocycles. The first-order valence-electron chi connectivity index (χ1n) is 6.95. The molecule has 0 atom stereocenters. The fourth-order valence-corrected chi connectivity index (χ4v) is 2.04. The molecule has 0 saturated heterocycles. The molecule has 0 N–H and O–H groups in total.